The van der Waals surface area contributed by atoms with E-state index in [4.69, 9.17) is 22.1 Å². The van der Waals surface area contributed by atoms with Gasteiger partial charge in [-0.1, -0.05) is 32.4 Å². The number of carbonyl (C=O) groups is 1. The molecule has 1 amide bonds. The normalized spacial score (nSPS) is 21.0. The van der Waals surface area contributed by atoms with Gasteiger partial charge in [-0.15, -0.1) is 0 Å². The van der Waals surface area contributed by atoms with E-state index in [-0.39, 0.29) is 23.6 Å². The summed E-state index contributed by atoms with van der Waals surface area (Å²) in [5, 5.41) is 13.4. The maximum absolute atomic E-state index is 11.6. The van der Waals surface area contributed by atoms with Crippen molar-refractivity contribution in [1.82, 2.24) is 4.90 Å². The van der Waals surface area contributed by atoms with Crippen LogP contribution in [0.2, 0.25) is 5.02 Å². The van der Waals surface area contributed by atoms with Gasteiger partial charge in [0.15, 0.2) is 0 Å². The lowest BCUT2D eigenvalue weighted by Crippen LogP contribution is -2.54. The lowest BCUT2D eigenvalue weighted by Gasteiger charge is -2.45. The Bertz CT molecular complexity index is 658. The van der Waals surface area contributed by atoms with Crippen LogP contribution in [0.5, 0.6) is 5.75 Å². The molecule has 0 spiro atoms. The maximum atomic E-state index is 11.6. The van der Waals surface area contributed by atoms with Crippen LogP contribution in [0.1, 0.15) is 47.5 Å². The van der Waals surface area contributed by atoms with E-state index in [0.717, 1.165) is 18.5 Å². The van der Waals surface area contributed by atoms with Crippen LogP contribution >= 0.6 is 11.6 Å². The van der Waals surface area contributed by atoms with Crippen molar-refractivity contribution in [2.75, 3.05) is 17.6 Å². The number of hydrogen-bond acceptors (Lipinski definition) is 4. The first-order valence-electron chi connectivity index (χ1n) is 9.00. The summed E-state index contributed by atoms with van der Waals surface area (Å²) in [5.74, 6) is 0.591. The fourth-order valence-corrected chi connectivity index (χ4v) is 3.62. The molecule has 1 heterocycles. The zero-order valence-electron chi connectivity index (χ0n) is 16.2. The molecular weight excluding hydrogens is 354 g/mol. The quantitative estimate of drug-likeness (QED) is 0.657. The van der Waals surface area contributed by atoms with E-state index in [9.17, 15) is 9.90 Å². The smallest absolute Gasteiger partial charge is 0.407 e. The van der Waals surface area contributed by atoms with Gasteiger partial charge < -0.3 is 25.8 Å². The third-order valence-electron chi connectivity index (χ3n) is 4.67. The number of benzene rings is 1. The summed E-state index contributed by atoms with van der Waals surface area (Å²) < 4.78 is 5.74. The summed E-state index contributed by atoms with van der Waals surface area (Å²) >= 11 is 6.22. The second kappa shape index (κ2) is 7.82. The van der Waals surface area contributed by atoms with Gasteiger partial charge >= 0.3 is 6.09 Å². The van der Waals surface area contributed by atoms with E-state index in [2.05, 4.69) is 26.1 Å². The summed E-state index contributed by atoms with van der Waals surface area (Å²) in [6.45, 7) is 10.6. The number of piperidine rings is 1. The van der Waals surface area contributed by atoms with Crippen LogP contribution in [0.15, 0.2) is 12.1 Å². The highest BCUT2D eigenvalue weighted by Crippen LogP contribution is 2.37. The maximum Gasteiger partial charge on any atom is 0.407 e. The Hall–Kier alpha value is -1.82. The highest BCUT2D eigenvalue weighted by Gasteiger charge is 2.38. The topological polar surface area (TPSA) is 87.8 Å². The van der Waals surface area contributed by atoms with Crippen molar-refractivity contribution >= 4 is 29.1 Å². The summed E-state index contributed by atoms with van der Waals surface area (Å²) in [7, 11) is 0. The van der Waals surface area contributed by atoms with E-state index < -0.39 is 6.09 Å². The highest BCUT2D eigenvalue weighted by molar-refractivity contribution is 6.32. The monoisotopic (exact) mass is 383 g/mol. The number of nitrogens with two attached hydrogens (primary N) is 1. The molecule has 1 fully saturated rings. The summed E-state index contributed by atoms with van der Waals surface area (Å²) in [4.78, 5) is 13.1. The van der Waals surface area contributed by atoms with Crippen molar-refractivity contribution in [3.05, 3.63) is 17.2 Å². The molecule has 0 aromatic heterocycles. The molecule has 146 valence electrons. The molecule has 26 heavy (non-hydrogen) atoms. The van der Waals surface area contributed by atoms with Gasteiger partial charge in [-0.05, 0) is 38.2 Å². The van der Waals surface area contributed by atoms with Crippen LogP contribution in [0, 0.1) is 5.41 Å². The van der Waals surface area contributed by atoms with Crippen LogP contribution < -0.4 is 15.8 Å². The minimum absolute atomic E-state index is 0.00745. The van der Waals surface area contributed by atoms with E-state index in [1.165, 1.54) is 0 Å². The van der Waals surface area contributed by atoms with Crippen LogP contribution in [0.4, 0.5) is 16.2 Å². The lowest BCUT2D eigenvalue weighted by atomic mass is 9.79. The van der Waals surface area contributed by atoms with Crippen LogP contribution in [-0.2, 0) is 0 Å². The number of carboxylic acid groups (broad SMARTS) is 1. The molecule has 2 atom stereocenters. The van der Waals surface area contributed by atoms with E-state index in [1.54, 1.807) is 11.0 Å². The van der Waals surface area contributed by atoms with E-state index >= 15 is 0 Å². The van der Waals surface area contributed by atoms with Gasteiger partial charge in [-0.25, -0.2) is 4.79 Å². The first kappa shape index (κ1) is 20.5. The van der Waals surface area contributed by atoms with Gasteiger partial charge in [0.25, 0.3) is 0 Å². The zero-order chi connectivity index (χ0) is 19.6. The van der Waals surface area contributed by atoms with E-state index in [1.807, 2.05) is 19.9 Å². The summed E-state index contributed by atoms with van der Waals surface area (Å²) in [6, 6.07) is 3.58. The first-order chi connectivity index (χ1) is 12.0. The fourth-order valence-electron chi connectivity index (χ4n) is 3.40. The van der Waals surface area contributed by atoms with Gasteiger partial charge in [0.05, 0.1) is 22.5 Å². The number of amides is 1. The molecule has 0 aliphatic carbocycles. The van der Waals surface area contributed by atoms with Crippen LogP contribution in [0.25, 0.3) is 0 Å². The Morgan fingerprint density at radius 2 is 2.08 bits per heavy atom. The van der Waals surface area contributed by atoms with Gasteiger partial charge in [0, 0.05) is 24.7 Å². The average molecular weight is 384 g/mol. The number of hydrogen-bond donors (Lipinski definition) is 3. The minimum Gasteiger partial charge on any atom is -0.489 e. The fraction of sp³-hybridized carbons (Fsp3) is 0.632. The number of nitrogen functional groups attached to an aromatic ring is 1. The van der Waals surface area contributed by atoms with Crippen molar-refractivity contribution in [3.63, 3.8) is 0 Å². The van der Waals surface area contributed by atoms with Crippen molar-refractivity contribution in [3.8, 4) is 5.75 Å². The number of halogens is 1. The van der Waals surface area contributed by atoms with Gasteiger partial charge in [0.1, 0.15) is 5.75 Å². The number of likely N-dealkylation sites (tertiary alicyclic amines) is 1. The minimum atomic E-state index is -0.859. The Morgan fingerprint density at radius 1 is 1.42 bits per heavy atom. The second-order valence-electron chi connectivity index (χ2n) is 8.26. The van der Waals surface area contributed by atoms with Crippen LogP contribution in [0.3, 0.4) is 0 Å². The second-order valence-corrected chi connectivity index (χ2v) is 8.67. The predicted octanol–water partition coefficient (Wildman–Crippen LogP) is 4.68. The molecule has 1 aromatic carbocycles. The Balaban J connectivity index is 2.19. The van der Waals surface area contributed by atoms with Crippen LogP contribution in [-0.4, -0.2) is 40.8 Å². The van der Waals surface area contributed by atoms with Gasteiger partial charge in [0.2, 0.25) is 0 Å². The van der Waals surface area contributed by atoms with Crippen molar-refractivity contribution in [2.45, 2.75) is 65.6 Å². The van der Waals surface area contributed by atoms with E-state index in [0.29, 0.717) is 23.0 Å². The molecule has 1 aromatic rings. The number of nitrogens with zero attached hydrogens (tertiary/aromatic N) is 1. The molecule has 1 aliphatic rings. The summed E-state index contributed by atoms with van der Waals surface area (Å²) in [6.07, 6.45) is 0.592. The molecule has 0 radical (unpaired) electrons. The van der Waals surface area contributed by atoms with Gasteiger partial charge in [-0.2, -0.15) is 0 Å². The number of nitrogens with one attached hydrogen (secondary N) is 1. The predicted molar refractivity (Wildman–Crippen MR) is 106 cm³/mol. The lowest BCUT2D eigenvalue weighted by molar-refractivity contribution is 0.0558. The molecule has 6 nitrogen and oxygen atoms in total. The largest absolute Gasteiger partial charge is 0.489 e. The molecule has 1 aliphatic heterocycles. The van der Waals surface area contributed by atoms with Crippen molar-refractivity contribution < 1.29 is 14.6 Å². The zero-order valence-corrected chi connectivity index (χ0v) is 16.9. The molecule has 0 bridgehead atoms. The van der Waals surface area contributed by atoms with Crippen molar-refractivity contribution in [1.29, 1.82) is 0 Å². The molecule has 2 unspecified atom stereocenters. The Labute approximate surface area is 160 Å². The third-order valence-corrected chi connectivity index (χ3v) is 4.97. The number of anilines is 2. The van der Waals surface area contributed by atoms with Gasteiger partial charge in [-0.3, -0.25) is 0 Å². The average Bonchev–Trinajstić information content (AvgIpc) is 2.50. The number of rotatable bonds is 4. The Kier molecular flexibility index (Phi) is 6.17. The molecule has 4 N–H and O–H groups in total. The van der Waals surface area contributed by atoms with Crippen molar-refractivity contribution in [2.24, 2.45) is 5.41 Å². The molecule has 2 rings (SSSR count). The summed E-state index contributed by atoms with van der Waals surface area (Å²) in [5.41, 5.74) is 7.31. The molecule has 0 saturated carbocycles. The highest BCUT2D eigenvalue weighted by atomic mass is 35.5. The molecule has 1 saturated heterocycles. The molecule has 7 heteroatoms. The standard InChI is InChI=1S/C19H30ClN3O3/c1-11(2)26-16-10-15(14(21)9-13(16)20)22-12-6-7-23(18(24)25)17(8-12)19(3,4)5/h9-12,17,22H,6-8,21H2,1-5H3,(H,24,25). The number of ether oxygens (including phenoxy) is 1. The molecular formula is C19H30ClN3O3. The third kappa shape index (κ3) is 4.87. The SMILES string of the molecule is CC(C)Oc1cc(NC2CCN(C(=O)O)C(C(C)(C)C)C2)c(N)cc1Cl. The first-order valence-corrected chi connectivity index (χ1v) is 9.38. The Morgan fingerprint density at radius 3 is 2.62 bits per heavy atom.